The molecule has 0 saturated heterocycles. The van der Waals surface area contributed by atoms with Crippen molar-refractivity contribution in [3.8, 4) is 67.5 Å². The number of fused-ring (bicyclic) bond motifs is 8. The summed E-state index contributed by atoms with van der Waals surface area (Å²) in [4.78, 5) is 15.7. The number of benzene rings is 9. The van der Waals surface area contributed by atoms with Crippen molar-refractivity contribution >= 4 is 43.5 Å². The molecule has 0 fully saturated rings. The lowest BCUT2D eigenvalue weighted by Crippen LogP contribution is -2.01. The number of rotatable bonds is 5. The number of aromatic nitrogens is 3. The molecular formula is C54H33N3O. The molecule has 12 rings (SSSR count). The highest BCUT2D eigenvalue weighted by Crippen LogP contribution is 2.49. The van der Waals surface area contributed by atoms with Crippen molar-refractivity contribution in [1.29, 1.82) is 0 Å². The van der Waals surface area contributed by atoms with Crippen LogP contribution in [0.3, 0.4) is 0 Å². The topological polar surface area (TPSA) is 51.8 Å². The van der Waals surface area contributed by atoms with E-state index in [0.29, 0.717) is 17.5 Å². The average Bonchev–Trinajstić information content (AvgIpc) is 3.86. The minimum absolute atomic E-state index is 0.638. The lowest BCUT2D eigenvalue weighted by atomic mass is 9.89. The van der Waals surface area contributed by atoms with Crippen LogP contribution >= 0.6 is 0 Å². The highest BCUT2D eigenvalue weighted by Gasteiger charge is 2.28. The van der Waals surface area contributed by atoms with Gasteiger partial charge in [-0.25, -0.2) is 15.0 Å². The molecule has 4 heteroatoms. The molecule has 0 bridgehead atoms. The summed E-state index contributed by atoms with van der Waals surface area (Å²) in [7, 11) is 0. The first kappa shape index (κ1) is 32.5. The maximum absolute atomic E-state index is 6.55. The molecule has 58 heavy (non-hydrogen) atoms. The molecule has 4 nitrogen and oxygen atoms in total. The van der Waals surface area contributed by atoms with E-state index in [4.69, 9.17) is 19.4 Å². The van der Waals surface area contributed by atoms with E-state index in [1.54, 1.807) is 0 Å². The Hall–Kier alpha value is -7.69. The maximum atomic E-state index is 6.55. The van der Waals surface area contributed by atoms with Crippen LogP contribution in [0.25, 0.3) is 111 Å². The second-order valence-electron chi connectivity index (χ2n) is 15.1. The Morgan fingerprint density at radius 3 is 1.67 bits per heavy atom. The molecule has 0 unspecified atom stereocenters. The van der Waals surface area contributed by atoms with Crippen molar-refractivity contribution in [3.63, 3.8) is 0 Å². The van der Waals surface area contributed by atoms with Gasteiger partial charge in [0, 0.05) is 27.5 Å². The molecule has 0 aliphatic heterocycles. The Balaban J connectivity index is 1.06. The number of hydrogen-bond donors (Lipinski definition) is 0. The van der Waals surface area contributed by atoms with Gasteiger partial charge in [0.05, 0.1) is 0 Å². The monoisotopic (exact) mass is 739 g/mol. The van der Waals surface area contributed by atoms with Crippen LogP contribution < -0.4 is 0 Å². The Kier molecular flexibility index (Phi) is 7.26. The van der Waals surface area contributed by atoms with Gasteiger partial charge in [-0.1, -0.05) is 164 Å². The zero-order valence-corrected chi connectivity index (χ0v) is 31.4. The predicted molar refractivity (Wildman–Crippen MR) is 238 cm³/mol. The highest BCUT2D eigenvalue weighted by molar-refractivity contribution is 6.17. The van der Waals surface area contributed by atoms with Gasteiger partial charge in [0.25, 0.3) is 0 Å². The van der Waals surface area contributed by atoms with E-state index in [1.807, 2.05) is 6.07 Å². The molecule has 0 saturated carbocycles. The molecule has 1 aliphatic rings. The van der Waals surface area contributed by atoms with Crippen LogP contribution in [0.1, 0.15) is 11.1 Å². The molecule has 0 atom stereocenters. The van der Waals surface area contributed by atoms with E-state index in [2.05, 4.69) is 182 Å². The molecule has 0 N–H and O–H groups in total. The summed E-state index contributed by atoms with van der Waals surface area (Å²) in [5.41, 5.74) is 14.2. The highest BCUT2D eigenvalue weighted by atomic mass is 16.3. The first-order valence-electron chi connectivity index (χ1n) is 19.7. The zero-order valence-electron chi connectivity index (χ0n) is 31.4. The van der Waals surface area contributed by atoms with Crippen LogP contribution in [-0.2, 0) is 6.42 Å². The lowest BCUT2D eigenvalue weighted by molar-refractivity contribution is 0.669. The summed E-state index contributed by atoms with van der Waals surface area (Å²) in [6, 6.07) is 66.5. The van der Waals surface area contributed by atoms with Crippen LogP contribution in [0.2, 0.25) is 0 Å². The molecule has 9 aromatic carbocycles. The molecule has 0 spiro atoms. The molecule has 270 valence electrons. The summed E-state index contributed by atoms with van der Waals surface area (Å²) in [5, 5.41) is 6.93. The minimum atomic E-state index is 0.638. The van der Waals surface area contributed by atoms with E-state index in [1.165, 1.54) is 49.5 Å². The second kappa shape index (κ2) is 12.9. The quantitative estimate of drug-likeness (QED) is 0.176. The van der Waals surface area contributed by atoms with Gasteiger partial charge in [-0.05, 0) is 96.7 Å². The predicted octanol–water partition coefficient (Wildman–Crippen LogP) is 14.0. The Morgan fingerprint density at radius 1 is 0.345 bits per heavy atom. The van der Waals surface area contributed by atoms with Gasteiger partial charge in [0.2, 0.25) is 0 Å². The fraction of sp³-hybridized carbons (Fsp3) is 0.0185. The Morgan fingerprint density at radius 2 is 0.897 bits per heavy atom. The summed E-state index contributed by atoms with van der Waals surface area (Å²) in [6.45, 7) is 0. The lowest BCUT2D eigenvalue weighted by Gasteiger charge is -2.15. The van der Waals surface area contributed by atoms with Crippen LogP contribution in [0.4, 0.5) is 0 Å². The normalized spacial score (nSPS) is 12.1. The van der Waals surface area contributed by atoms with Crippen molar-refractivity contribution in [2.75, 3.05) is 0 Å². The molecule has 2 heterocycles. The van der Waals surface area contributed by atoms with E-state index < -0.39 is 0 Å². The van der Waals surface area contributed by atoms with Crippen molar-refractivity contribution < 1.29 is 4.42 Å². The fourth-order valence-corrected chi connectivity index (χ4v) is 8.96. The SMILES string of the molecule is c1ccc(-c2ccc(-c3nc(-c4ccc5ccccc5c4)nc(-c4cccc5c4-c4c(cccc4-c4cccc6oc7cc8ccccc8cc7c46)C5)n3)cc2)cc1. The van der Waals surface area contributed by atoms with Gasteiger partial charge in [-0.2, -0.15) is 0 Å². The fourth-order valence-electron chi connectivity index (χ4n) is 8.96. The van der Waals surface area contributed by atoms with Crippen molar-refractivity contribution in [2.45, 2.75) is 6.42 Å². The Bertz CT molecular complexity index is 3420. The Labute approximate surface area is 334 Å². The molecule has 2 aromatic heterocycles. The maximum Gasteiger partial charge on any atom is 0.164 e. The largest absolute Gasteiger partial charge is 0.456 e. The van der Waals surface area contributed by atoms with Crippen LogP contribution in [0, 0.1) is 0 Å². The number of nitrogens with zero attached hydrogens (tertiary/aromatic N) is 3. The zero-order chi connectivity index (χ0) is 38.2. The van der Waals surface area contributed by atoms with E-state index in [9.17, 15) is 0 Å². The van der Waals surface area contributed by atoms with Crippen molar-refractivity contribution in [2.24, 2.45) is 0 Å². The van der Waals surface area contributed by atoms with Crippen molar-refractivity contribution in [3.05, 3.63) is 199 Å². The van der Waals surface area contributed by atoms with Gasteiger partial charge in [0.15, 0.2) is 17.5 Å². The smallest absolute Gasteiger partial charge is 0.164 e. The summed E-state index contributed by atoms with van der Waals surface area (Å²) < 4.78 is 6.55. The van der Waals surface area contributed by atoms with E-state index in [-0.39, 0.29) is 0 Å². The van der Waals surface area contributed by atoms with Gasteiger partial charge >= 0.3 is 0 Å². The average molecular weight is 740 g/mol. The molecule has 1 aliphatic carbocycles. The van der Waals surface area contributed by atoms with Gasteiger partial charge in [0.1, 0.15) is 11.2 Å². The molecule has 0 radical (unpaired) electrons. The standard InChI is InChI=1S/C54H33N3O/c1-2-11-33(12-3-1)35-23-26-36(27-24-35)52-55-53(42-28-25-34-13-4-5-14-37(34)29-42)57-54(56-52)45-21-9-18-41-30-40-17-8-19-43(49(40)50(41)45)44-20-10-22-47-51(44)46-31-38-15-6-7-16-39(38)32-48(46)58-47/h1-29,31-32H,30H2. The number of hydrogen-bond acceptors (Lipinski definition) is 4. The molecule has 11 aromatic rings. The van der Waals surface area contributed by atoms with Crippen LogP contribution in [0.5, 0.6) is 0 Å². The first-order chi connectivity index (χ1) is 28.7. The number of furan rings is 1. The van der Waals surface area contributed by atoms with Crippen molar-refractivity contribution in [1.82, 2.24) is 15.0 Å². The van der Waals surface area contributed by atoms with E-state index >= 15 is 0 Å². The molecular weight excluding hydrogens is 707 g/mol. The van der Waals surface area contributed by atoms with Crippen LogP contribution in [-0.4, -0.2) is 15.0 Å². The third-order valence-corrected chi connectivity index (χ3v) is 11.7. The van der Waals surface area contributed by atoms with Crippen LogP contribution in [0.15, 0.2) is 192 Å². The molecule has 0 amide bonds. The third kappa shape index (κ3) is 5.26. The van der Waals surface area contributed by atoms with Gasteiger partial charge in [-0.15, -0.1) is 0 Å². The van der Waals surface area contributed by atoms with Gasteiger partial charge < -0.3 is 4.42 Å². The third-order valence-electron chi connectivity index (χ3n) is 11.7. The van der Waals surface area contributed by atoms with E-state index in [0.717, 1.165) is 61.6 Å². The summed E-state index contributed by atoms with van der Waals surface area (Å²) >= 11 is 0. The van der Waals surface area contributed by atoms with Gasteiger partial charge in [-0.3, -0.25) is 0 Å². The summed E-state index contributed by atoms with van der Waals surface area (Å²) in [5.74, 6) is 1.93. The second-order valence-corrected chi connectivity index (χ2v) is 15.1. The minimum Gasteiger partial charge on any atom is -0.456 e. The summed E-state index contributed by atoms with van der Waals surface area (Å²) in [6.07, 6.45) is 0.829. The first-order valence-corrected chi connectivity index (χ1v) is 19.7.